The summed E-state index contributed by atoms with van der Waals surface area (Å²) >= 11 is 6.66. The molecule has 0 spiro atoms. The molecule has 2 saturated heterocycles. The summed E-state index contributed by atoms with van der Waals surface area (Å²) in [6.45, 7) is 7.20. The van der Waals surface area contributed by atoms with E-state index < -0.39 is 53.7 Å². The van der Waals surface area contributed by atoms with Gasteiger partial charge in [-0.1, -0.05) is 49.2 Å². The Hall–Kier alpha value is -3.12. The molecule has 1 aromatic rings. The topological polar surface area (TPSA) is 136 Å². The number of ether oxygens (including phenoxy) is 5. The van der Waals surface area contributed by atoms with Crippen LogP contribution < -0.4 is 15.0 Å². The number of alkyl carbamates (subject to hydrolysis) is 1. The van der Waals surface area contributed by atoms with Crippen LogP contribution in [0.3, 0.4) is 0 Å². The Kier molecular flexibility index (Phi) is 9.80. The van der Waals surface area contributed by atoms with Gasteiger partial charge in [-0.25, -0.2) is 4.79 Å². The van der Waals surface area contributed by atoms with Crippen molar-refractivity contribution in [1.29, 1.82) is 0 Å². The van der Waals surface area contributed by atoms with Gasteiger partial charge in [0.25, 0.3) is 0 Å². The van der Waals surface area contributed by atoms with E-state index in [-0.39, 0.29) is 30.2 Å². The summed E-state index contributed by atoms with van der Waals surface area (Å²) in [7, 11) is 4.56. The van der Waals surface area contributed by atoms with E-state index in [4.69, 9.17) is 35.3 Å². The Morgan fingerprint density at radius 2 is 2.00 bits per heavy atom. The van der Waals surface area contributed by atoms with Gasteiger partial charge in [-0.2, -0.15) is 0 Å². The van der Waals surface area contributed by atoms with Crippen molar-refractivity contribution in [2.45, 2.75) is 89.1 Å². The molecule has 3 aliphatic heterocycles. The number of amides is 2. The van der Waals surface area contributed by atoms with Gasteiger partial charge < -0.3 is 33.7 Å². The van der Waals surface area contributed by atoms with Crippen LogP contribution in [-0.2, 0) is 35.0 Å². The van der Waals surface area contributed by atoms with Crippen LogP contribution in [0.1, 0.15) is 52.5 Å². The molecule has 1 unspecified atom stereocenters. The number of aliphatic hydroxyl groups is 1. The highest BCUT2D eigenvalue weighted by Crippen LogP contribution is 2.49. The number of nitrogens with zero attached hydrogens (tertiary/aromatic N) is 1. The van der Waals surface area contributed by atoms with Gasteiger partial charge in [0.05, 0.1) is 25.3 Å². The second kappa shape index (κ2) is 12.9. The number of methoxy groups -OCH3 is 2. The lowest BCUT2D eigenvalue weighted by Crippen LogP contribution is -2.63. The van der Waals surface area contributed by atoms with Gasteiger partial charge in [-0.15, -0.1) is 0 Å². The van der Waals surface area contributed by atoms with Crippen LogP contribution in [0.15, 0.2) is 35.9 Å². The Morgan fingerprint density at radius 3 is 2.65 bits per heavy atom. The number of anilines is 1. The molecule has 0 radical (unpaired) electrons. The summed E-state index contributed by atoms with van der Waals surface area (Å²) in [5.41, 5.74) is -0.564. The van der Waals surface area contributed by atoms with Crippen molar-refractivity contribution in [2.75, 3.05) is 26.2 Å². The lowest BCUT2D eigenvalue weighted by Gasteiger charge is -2.42. The number of rotatable bonds is 4. The Labute approximate surface area is 257 Å². The summed E-state index contributed by atoms with van der Waals surface area (Å²) in [5, 5.41) is 14.3. The van der Waals surface area contributed by atoms with Gasteiger partial charge in [0, 0.05) is 32.9 Å². The molecule has 11 nitrogen and oxygen atoms in total. The van der Waals surface area contributed by atoms with Crippen LogP contribution in [0.4, 0.5) is 10.5 Å². The zero-order valence-corrected chi connectivity index (χ0v) is 26.4. The first-order valence-corrected chi connectivity index (χ1v) is 14.7. The minimum absolute atomic E-state index is 0.00655. The van der Waals surface area contributed by atoms with Crippen molar-refractivity contribution in [3.05, 3.63) is 46.5 Å². The molecule has 43 heavy (non-hydrogen) atoms. The van der Waals surface area contributed by atoms with Crippen LogP contribution >= 0.6 is 11.6 Å². The Balaban J connectivity index is 1.79. The first-order chi connectivity index (χ1) is 20.3. The second-order valence-corrected chi connectivity index (χ2v) is 12.0. The molecule has 7 atom stereocenters. The number of esters is 1. The number of allylic oxidation sites excluding steroid dienone is 3. The normalized spacial score (nSPS) is 34.3. The van der Waals surface area contributed by atoms with E-state index in [0.717, 1.165) is 11.1 Å². The predicted molar refractivity (Wildman–Crippen MR) is 159 cm³/mol. The highest BCUT2D eigenvalue weighted by atomic mass is 35.5. The van der Waals surface area contributed by atoms with E-state index in [2.05, 4.69) is 5.32 Å². The number of benzene rings is 1. The highest BCUT2D eigenvalue weighted by Gasteiger charge is 2.64. The molecule has 2 fully saturated rings. The SMILES string of the molecule is CCC(=O)OC1CC(=O)N(C)c2cc(cc(OC)c2Cl)C/C(C)=C\C=C[C@@H](OC)[C@@]2(O)C[C@H](OC(=O)N2)[C@@H](C)[C@@H]2O[C@@]12C. The standard InChI is InChI=1S/C31H41ClN2O9/c1-8-26(36)42-24-15-25(35)34(5)20-13-19(14-21(39-6)27(20)32)12-17(2)10-9-11-23(40-7)31(38)16-22(41-29(37)33-31)18(3)28-30(24,4)43-28/h9-11,13-14,18,22-24,28,38H,8,12,15-16H2,1-7H3,(H,33,37)/b11-9?,17-10-/t18-,22+,23-,24?,28+,30+,31+/m1/s1. The third-order valence-electron chi connectivity index (χ3n) is 8.51. The fourth-order valence-electron chi connectivity index (χ4n) is 5.85. The molecular formula is C31H41ClN2O9. The molecule has 3 aliphatic rings. The van der Waals surface area contributed by atoms with Crippen molar-refractivity contribution < 1.29 is 43.2 Å². The third-order valence-corrected chi connectivity index (χ3v) is 8.89. The Bertz CT molecular complexity index is 1320. The van der Waals surface area contributed by atoms with Gasteiger partial charge >= 0.3 is 12.1 Å². The molecular weight excluding hydrogens is 580 g/mol. The van der Waals surface area contributed by atoms with Crippen LogP contribution in [-0.4, -0.2) is 80.1 Å². The maximum Gasteiger partial charge on any atom is 0.409 e. The second-order valence-electron chi connectivity index (χ2n) is 11.6. The summed E-state index contributed by atoms with van der Waals surface area (Å²) in [6, 6.07) is 3.63. The van der Waals surface area contributed by atoms with Crippen molar-refractivity contribution in [3.8, 4) is 5.75 Å². The molecule has 4 rings (SSSR count). The third kappa shape index (κ3) is 6.85. The van der Waals surface area contributed by atoms with Crippen LogP contribution in [0.5, 0.6) is 5.75 Å². The van der Waals surface area contributed by atoms with E-state index in [1.807, 2.05) is 32.1 Å². The quantitative estimate of drug-likeness (QED) is 0.377. The lowest BCUT2D eigenvalue weighted by atomic mass is 9.83. The van der Waals surface area contributed by atoms with E-state index >= 15 is 0 Å². The highest BCUT2D eigenvalue weighted by molar-refractivity contribution is 6.35. The number of hydrogen-bond donors (Lipinski definition) is 2. The minimum Gasteiger partial charge on any atom is -0.495 e. The van der Waals surface area contributed by atoms with Crippen LogP contribution in [0.2, 0.25) is 5.02 Å². The fourth-order valence-corrected chi connectivity index (χ4v) is 6.16. The minimum atomic E-state index is -1.76. The Morgan fingerprint density at radius 1 is 1.28 bits per heavy atom. The van der Waals surface area contributed by atoms with Crippen molar-refractivity contribution >= 4 is 35.3 Å². The van der Waals surface area contributed by atoms with Crippen LogP contribution in [0, 0.1) is 5.92 Å². The summed E-state index contributed by atoms with van der Waals surface area (Å²) < 4.78 is 28.6. The average Bonchev–Trinajstić information content (AvgIpc) is 3.66. The van der Waals surface area contributed by atoms with Gasteiger partial charge in [-0.05, 0) is 38.0 Å². The number of hydrogen-bond acceptors (Lipinski definition) is 9. The number of fused-ring (bicyclic) bond motifs is 5. The molecule has 0 aliphatic carbocycles. The zero-order valence-electron chi connectivity index (χ0n) is 25.6. The molecule has 0 saturated carbocycles. The fraction of sp³-hybridized carbons (Fsp3) is 0.581. The molecule has 3 heterocycles. The van der Waals surface area contributed by atoms with Gasteiger partial charge in [0.2, 0.25) is 5.91 Å². The predicted octanol–water partition coefficient (Wildman–Crippen LogP) is 4.08. The van der Waals surface area contributed by atoms with Gasteiger partial charge in [0.1, 0.15) is 34.7 Å². The molecule has 12 heteroatoms. The number of nitrogens with one attached hydrogen (secondary N) is 1. The number of halogens is 1. The monoisotopic (exact) mass is 620 g/mol. The maximum absolute atomic E-state index is 13.7. The summed E-state index contributed by atoms with van der Waals surface area (Å²) in [4.78, 5) is 40.2. The summed E-state index contributed by atoms with van der Waals surface area (Å²) in [6.07, 6.45) is 1.81. The number of epoxide rings is 1. The number of carbonyl (C=O) groups is 3. The van der Waals surface area contributed by atoms with Gasteiger partial charge in [0.15, 0.2) is 5.72 Å². The first-order valence-electron chi connectivity index (χ1n) is 14.3. The molecule has 2 N–H and O–H groups in total. The molecule has 2 amide bonds. The summed E-state index contributed by atoms with van der Waals surface area (Å²) in [5.74, 6) is -0.854. The zero-order chi connectivity index (χ0) is 31.7. The van der Waals surface area contributed by atoms with E-state index in [1.165, 1.54) is 19.1 Å². The van der Waals surface area contributed by atoms with E-state index in [0.29, 0.717) is 17.9 Å². The van der Waals surface area contributed by atoms with E-state index in [1.54, 1.807) is 33.0 Å². The molecule has 1 aromatic carbocycles. The smallest absolute Gasteiger partial charge is 0.409 e. The molecule has 0 aromatic heterocycles. The number of carbonyl (C=O) groups excluding carboxylic acids is 3. The largest absolute Gasteiger partial charge is 0.495 e. The molecule has 236 valence electrons. The maximum atomic E-state index is 13.7. The van der Waals surface area contributed by atoms with Crippen LogP contribution in [0.25, 0.3) is 0 Å². The van der Waals surface area contributed by atoms with Crippen molar-refractivity contribution in [3.63, 3.8) is 0 Å². The van der Waals surface area contributed by atoms with Crippen molar-refractivity contribution in [2.24, 2.45) is 5.92 Å². The van der Waals surface area contributed by atoms with Gasteiger partial charge in [-0.3, -0.25) is 14.9 Å². The first kappa shape index (κ1) is 32.8. The average molecular weight is 621 g/mol. The van der Waals surface area contributed by atoms with E-state index in [9.17, 15) is 19.5 Å². The molecule has 4 bridgehead atoms. The van der Waals surface area contributed by atoms with Crippen molar-refractivity contribution in [1.82, 2.24) is 5.32 Å². The lowest BCUT2D eigenvalue weighted by molar-refractivity contribution is -0.153.